The van der Waals surface area contributed by atoms with E-state index in [1.807, 2.05) is 0 Å². The van der Waals surface area contributed by atoms with Crippen LogP contribution >= 0.6 is 0 Å². The highest BCUT2D eigenvalue weighted by atomic mass is 16.1. The number of anilines is 2. The molecule has 0 fully saturated rings. The molecule has 84 valence electrons. The number of hydrogen-bond acceptors (Lipinski definition) is 4. The predicted octanol–water partition coefficient (Wildman–Crippen LogP) is -0.0119. The number of nitrogens with one attached hydrogen (secondary N) is 1. The summed E-state index contributed by atoms with van der Waals surface area (Å²) in [6.45, 7) is 0. The van der Waals surface area contributed by atoms with Crippen LogP contribution in [0.2, 0.25) is 0 Å². The molecule has 0 spiro atoms. The van der Waals surface area contributed by atoms with Crippen LogP contribution in [0.4, 0.5) is 11.5 Å². The Kier molecular flexibility index (Phi) is 2.35. The van der Waals surface area contributed by atoms with Crippen molar-refractivity contribution in [2.45, 2.75) is 0 Å². The van der Waals surface area contributed by atoms with Gasteiger partial charge in [0.15, 0.2) is 5.82 Å². The van der Waals surface area contributed by atoms with Gasteiger partial charge in [0.2, 0.25) is 0 Å². The standard InChI is InChI=1S/C9H12N6O/c1-14-5-6(3-11-14)9(16)13-8-7(10)4-12-15(8)2/h3-5H,10H2,1-2H3,(H,13,16). The Morgan fingerprint density at radius 1 is 1.38 bits per heavy atom. The van der Waals surface area contributed by atoms with E-state index in [9.17, 15) is 4.79 Å². The topological polar surface area (TPSA) is 90.8 Å². The summed E-state index contributed by atoms with van der Waals surface area (Å²) in [5.41, 5.74) is 6.56. The van der Waals surface area contributed by atoms with Crippen LogP contribution in [0.1, 0.15) is 10.4 Å². The number of rotatable bonds is 2. The van der Waals surface area contributed by atoms with Crippen molar-refractivity contribution in [1.29, 1.82) is 0 Å². The summed E-state index contributed by atoms with van der Waals surface area (Å²) in [6.07, 6.45) is 4.60. The Hall–Kier alpha value is -2.31. The second-order valence-electron chi connectivity index (χ2n) is 3.43. The predicted molar refractivity (Wildman–Crippen MR) is 58.8 cm³/mol. The summed E-state index contributed by atoms with van der Waals surface area (Å²) >= 11 is 0. The third kappa shape index (κ3) is 1.74. The molecule has 2 aromatic heterocycles. The van der Waals surface area contributed by atoms with E-state index in [0.717, 1.165) is 0 Å². The lowest BCUT2D eigenvalue weighted by Gasteiger charge is -2.04. The molecule has 0 saturated heterocycles. The second-order valence-corrected chi connectivity index (χ2v) is 3.43. The van der Waals surface area contributed by atoms with Crippen LogP contribution in [-0.2, 0) is 14.1 Å². The Bertz CT molecular complexity index is 506. The maximum Gasteiger partial charge on any atom is 0.260 e. The van der Waals surface area contributed by atoms with Crippen molar-refractivity contribution in [3.05, 3.63) is 24.2 Å². The first kappa shape index (κ1) is 10.2. The molecule has 0 atom stereocenters. The first-order valence-electron chi connectivity index (χ1n) is 4.65. The fourth-order valence-electron chi connectivity index (χ4n) is 1.33. The third-order valence-corrected chi connectivity index (χ3v) is 2.17. The van der Waals surface area contributed by atoms with Gasteiger partial charge in [0, 0.05) is 20.3 Å². The number of carbonyl (C=O) groups is 1. The fourth-order valence-corrected chi connectivity index (χ4v) is 1.33. The Labute approximate surface area is 91.8 Å². The largest absolute Gasteiger partial charge is 0.394 e. The van der Waals surface area contributed by atoms with Gasteiger partial charge in [-0.15, -0.1) is 0 Å². The lowest BCUT2D eigenvalue weighted by molar-refractivity contribution is 0.102. The summed E-state index contributed by atoms with van der Waals surface area (Å²) < 4.78 is 3.06. The van der Waals surface area contributed by atoms with Gasteiger partial charge < -0.3 is 11.1 Å². The van der Waals surface area contributed by atoms with Crippen molar-refractivity contribution >= 4 is 17.4 Å². The highest BCUT2D eigenvalue weighted by molar-refractivity contribution is 6.04. The number of aromatic nitrogens is 4. The van der Waals surface area contributed by atoms with Crippen LogP contribution < -0.4 is 11.1 Å². The number of amides is 1. The molecule has 16 heavy (non-hydrogen) atoms. The van der Waals surface area contributed by atoms with E-state index in [1.54, 1.807) is 25.0 Å². The van der Waals surface area contributed by atoms with E-state index >= 15 is 0 Å². The molecule has 0 aromatic carbocycles. The van der Waals surface area contributed by atoms with Gasteiger partial charge in [-0.3, -0.25) is 14.2 Å². The molecule has 0 unspecified atom stereocenters. The molecular formula is C9H12N6O. The molecule has 0 aliphatic rings. The van der Waals surface area contributed by atoms with E-state index < -0.39 is 0 Å². The van der Waals surface area contributed by atoms with Crippen molar-refractivity contribution < 1.29 is 4.79 Å². The van der Waals surface area contributed by atoms with Gasteiger partial charge in [-0.25, -0.2) is 0 Å². The second kappa shape index (κ2) is 3.69. The van der Waals surface area contributed by atoms with E-state index in [-0.39, 0.29) is 5.91 Å². The van der Waals surface area contributed by atoms with Crippen LogP contribution in [0, 0.1) is 0 Å². The van der Waals surface area contributed by atoms with E-state index in [0.29, 0.717) is 17.1 Å². The molecule has 0 radical (unpaired) electrons. The number of nitrogens with two attached hydrogens (primary N) is 1. The van der Waals surface area contributed by atoms with E-state index in [1.165, 1.54) is 17.1 Å². The van der Waals surface area contributed by atoms with Gasteiger partial charge in [0.1, 0.15) is 0 Å². The van der Waals surface area contributed by atoms with Gasteiger partial charge in [0.05, 0.1) is 23.6 Å². The molecule has 1 amide bonds. The number of aryl methyl sites for hydroxylation is 2. The minimum Gasteiger partial charge on any atom is -0.394 e. The summed E-state index contributed by atoms with van der Waals surface area (Å²) in [5.74, 6) is 0.220. The molecule has 2 rings (SSSR count). The zero-order valence-electron chi connectivity index (χ0n) is 9.01. The SMILES string of the molecule is Cn1cc(C(=O)Nc2c(N)cnn2C)cn1. The fraction of sp³-hybridized carbons (Fsp3) is 0.222. The number of nitrogen functional groups attached to an aromatic ring is 1. The normalized spacial score (nSPS) is 10.4. The van der Waals surface area contributed by atoms with Crippen LogP contribution in [0.15, 0.2) is 18.6 Å². The molecule has 0 aliphatic carbocycles. The lowest BCUT2D eigenvalue weighted by Crippen LogP contribution is -2.15. The third-order valence-electron chi connectivity index (χ3n) is 2.17. The maximum absolute atomic E-state index is 11.8. The quantitative estimate of drug-likeness (QED) is 0.744. The molecule has 0 saturated carbocycles. The van der Waals surface area contributed by atoms with Crippen LogP contribution in [-0.4, -0.2) is 25.5 Å². The van der Waals surface area contributed by atoms with Crippen molar-refractivity contribution in [3.8, 4) is 0 Å². The Balaban J connectivity index is 2.20. The molecule has 7 heteroatoms. The Morgan fingerprint density at radius 2 is 2.12 bits per heavy atom. The van der Waals surface area contributed by atoms with Gasteiger partial charge >= 0.3 is 0 Å². The van der Waals surface area contributed by atoms with Crippen LogP contribution in [0.25, 0.3) is 0 Å². The molecule has 2 aromatic rings. The smallest absolute Gasteiger partial charge is 0.260 e. The average Bonchev–Trinajstić information content (AvgIpc) is 2.79. The van der Waals surface area contributed by atoms with Gasteiger partial charge in [0.25, 0.3) is 5.91 Å². The van der Waals surface area contributed by atoms with Gasteiger partial charge in [-0.1, -0.05) is 0 Å². The van der Waals surface area contributed by atoms with Crippen molar-refractivity contribution in [3.63, 3.8) is 0 Å². The van der Waals surface area contributed by atoms with Crippen LogP contribution in [0.5, 0.6) is 0 Å². The number of carbonyl (C=O) groups excluding carboxylic acids is 1. The minimum atomic E-state index is -0.261. The van der Waals surface area contributed by atoms with Crippen molar-refractivity contribution in [2.75, 3.05) is 11.1 Å². The molecule has 0 bridgehead atoms. The molecular weight excluding hydrogens is 208 g/mol. The lowest BCUT2D eigenvalue weighted by atomic mass is 10.3. The number of nitrogens with zero attached hydrogens (tertiary/aromatic N) is 4. The first-order valence-corrected chi connectivity index (χ1v) is 4.65. The van der Waals surface area contributed by atoms with Crippen LogP contribution in [0.3, 0.4) is 0 Å². The zero-order chi connectivity index (χ0) is 11.7. The zero-order valence-corrected chi connectivity index (χ0v) is 9.01. The average molecular weight is 220 g/mol. The summed E-state index contributed by atoms with van der Waals surface area (Å²) in [5, 5.41) is 10.5. The maximum atomic E-state index is 11.8. The number of hydrogen-bond donors (Lipinski definition) is 2. The van der Waals surface area contributed by atoms with Crippen molar-refractivity contribution in [1.82, 2.24) is 19.6 Å². The minimum absolute atomic E-state index is 0.261. The van der Waals surface area contributed by atoms with E-state index in [2.05, 4.69) is 15.5 Å². The highest BCUT2D eigenvalue weighted by Crippen LogP contribution is 2.16. The Morgan fingerprint density at radius 3 is 2.62 bits per heavy atom. The first-order chi connectivity index (χ1) is 7.58. The van der Waals surface area contributed by atoms with Gasteiger partial charge in [-0.05, 0) is 0 Å². The summed E-state index contributed by atoms with van der Waals surface area (Å²) in [7, 11) is 3.45. The summed E-state index contributed by atoms with van der Waals surface area (Å²) in [4.78, 5) is 11.8. The molecule has 3 N–H and O–H groups in total. The van der Waals surface area contributed by atoms with E-state index in [4.69, 9.17) is 5.73 Å². The van der Waals surface area contributed by atoms with Gasteiger partial charge in [-0.2, -0.15) is 10.2 Å². The monoisotopic (exact) mass is 220 g/mol. The molecule has 7 nitrogen and oxygen atoms in total. The highest BCUT2D eigenvalue weighted by Gasteiger charge is 2.12. The van der Waals surface area contributed by atoms with Crippen molar-refractivity contribution in [2.24, 2.45) is 14.1 Å². The summed E-state index contributed by atoms with van der Waals surface area (Å²) in [6, 6.07) is 0. The molecule has 2 heterocycles. The molecule has 0 aliphatic heterocycles.